The van der Waals surface area contributed by atoms with Gasteiger partial charge in [-0.1, -0.05) is 44.2 Å². The van der Waals surface area contributed by atoms with E-state index in [0.717, 1.165) is 23.3 Å². The summed E-state index contributed by atoms with van der Waals surface area (Å²) in [5.41, 5.74) is 4.30. The fourth-order valence-electron chi connectivity index (χ4n) is 3.35. The first-order valence-corrected chi connectivity index (χ1v) is 7.56. The molecule has 0 spiro atoms. The third kappa shape index (κ3) is 2.19. The second kappa shape index (κ2) is 4.97. The molecule has 0 fully saturated rings. The summed E-state index contributed by atoms with van der Waals surface area (Å²) in [4.78, 5) is 1.77. The van der Waals surface area contributed by atoms with Crippen LogP contribution in [-0.4, -0.2) is 27.9 Å². The minimum absolute atomic E-state index is 0.119. The molecule has 2 N–H and O–H groups in total. The molecule has 0 saturated carbocycles. The van der Waals surface area contributed by atoms with Crippen molar-refractivity contribution in [1.82, 2.24) is 10.2 Å². The Labute approximate surface area is 131 Å². The van der Waals surface area contributed by atoms with E-state index in [1.165, 1.54) is 5.56 Å². The van der Waals surface area contributed by atoms with Crippen LogP contribution in [0.25, 0.3) is 5.70 Å². The molecule has 0 bridgehead atoms. The van der Waals surface area contributed by atoms with Crippen molar-refractivity contribution >= 4 is 23.0 Å². The van der Waals surface area contributed by atoms with Crippen LogP contribution in [0.15, 0.2) is 42.5 Å². The molecule has 2 aliphatic rings. The molecule has 4 heteroatoms. The minimum atomic E-state index is -0.699. The zero-order valence-corrected chi connectivity index (χ0v) is 13.2. The maximum absolute atomic E-state index is 10.8. The van der Waals surface area contributed by atoms with Gasteiger partial charge in [0, 0.05) is 17.7 Å². The van der Waals surface area contributed by atoms with E-state index in [1.807, 2.05) is 6.07 Å². The Morgan fingerprint density at radius 2 is 2.19 bits per heavy atom. The van der Waals surface area contributed by atoms with Crippen LogP contribution in [0.5, 0.6) is 0 Å². The van der Waals surface area contributed by atoms with Gasteiger partial charge in [-0.05, 0) is 29.6 Å². The molecule has 1 atom stereocenters. The summed E-state index contributed by atoms with van der Waals surface area (Å²) in [6.07, 6.45) is 1.97. The van der Waals surface area contributed by atoms with Crippen LogP contribution in [0.2, 0.25) is 0 Å². The predicted octanol–water partition coefficient (Wildman–Crippen LogP) is 2.67. The number of benzene rings is 1. The third-order valence-electron chi connectivity index (χ3n) is 4.29. The van der Waals surface area contributed by atoms with Crippen molar-refractivity contribution in [3.63, 3.8) is 0 Å². The molecule has 1 unspecified atom stereocenters. The zero-order chi connectivity index (χ0) is 15.2. The molecule has 0 aromatic heterocycles. The van der Waals surface area contributed by atoms with Gasteiger partial charge in [-0.3, -0.25) is 0 Å². The van der Waals surface area contributed by atoms with Crippen molar-refractivity contribution in [3.8, 4) is 0 Å². The first-order valence-electron chi connectivity index (χ1n) is 7.15. The van der Waals surface area contributed by atoms with E-state index in [9.17, 15) is 5.11 Å². The summed E-state index contributed by atoms with van der Waals surface area (Å²) < 4.78 is 0. The SMILES string of the molecule is C=CCN1C(=S)NC2=C(C1O)C(C)(C)Cc1ccccc12. The highest BCUT2D eigenvalue weighted by atomic mass is 32.1. The van der Waals surface area contributed by atoms with Gasteiger partial charge in [-0.25, -0.2) is 0 Å². The number of rotatable bonds is 2. The van der Waals surface area contributed by atoms with E-state index < -0.39 is 6.23 Å². The number of hydrogen-bond donors (Lipinski definition) is 2. The Kier molecular flexibility index (Phi) is 3.38. The van der Waals surface area contributed by atoms with E-state index in [4.69, 9.17) is 12.2 Å². The molecule has 1 aromatic carbocycles. The van der Waals surface area contributed by atoms with Gasteiger partial charge in [-0.2, -0.15) is 0 Å². The van der Waals surface area contributed by atoms with Gasteiger partial charge in [-0.15, -0.1) is 6.58 Å². The summed E-state index contributed by atoms with van der Waals surface area (Å²) in [6, 6.07) is 8.32. The number of aliphatic hydroxyl groups is 1. The highest BCUT2D eigenvalue weighted by Crippen LogP contribution is 2.45. The first-order chi connectivity index (χ1) is 9.95. The van der Waals surface area contributed by atoms with Crippen LogP contribution >= 0.6 is 12.2 Å². The summed E-state index contributed by atoms with van der Waals surface area (Å²) >= 11 is 5.41. The number of hydrogen-bond acceptors (Lipinski definition) is 2. The molecule has 21 heavy (non-hydrogen) atoms. The average Bonchev–Trinajstić information content (AvgIpc) is 2.42. The molecule has 1 aliphatic carbocycles. The van der Waals surface area contributed by atoms with Gasteiger partial charge in [0.1, 0.15) is 0 Å². The van der Waals surface area contributed by atoms with Crippen LogP contribution in [0.4, 0.5) is 0 Å². The molecule has 3 rings (SSSR count). The second-order valence-corrected chi connectivity index (χ2v) is 6.64. The Morgan fingerprint density at radius 1 is 1.48 bits per heavy atom. The zero-order valence-electron chi connectivity index (χ0n) is 12.4. The molecular weight excluding hydrogens is 280 g/mol. The van der Waals surface area contributed by atoms with Crippen LogP contribution in [0, 0.1) is 5.41 Å². The van der Waals surface area contributed by atoms with Crippen molar-refractivity contribution < 1.29 is 5.11 Å². The predicted molar refractivity (Wildman–Crippen MR) is 89.5 cm³/mol. The molecule has 1 aromatic rings. The van der Waals surface area contributed by atoms with Crippen molar-refractivity contribution in [2.45, 2.75) is 26.5 Å². The molecule has 0 amide bonds. The number of thiocarbonyl (C=S) groups is 1. The number of aliphatic hydroxyl groups excluding tert-OH is 1. The largest absolute Gasteiger partial charge is 0.369 e. The van der Waals surface area contributed by atoms with Crippen LogP contribution in [-0.2, 0) is 6.42 Å². The first kappa shape index (κ1) is 14.3. The van der Waals surface area contributed by atoms with E-state index in [-0.39, 0.29) is 5.41 Å². The average molecular weight is 300 g/mol. The summed E-state index contributed by atoms with van der Waals surface area (Å²) in [5.74, 6) is 0. The van der Waals surface area contributed by atoms with Gasteiger partial charge in [0.15, 0.2) is 11.3 Å². The van der Waals surface area contributed by atoms with Crippen LogP contribution < -0.4 is 5.32 Å². The van der Waals surface area contributed by atoms with Gasteiger partial charge < -0.3 is 15.3 Å². The normalized spacial score (nSPS) is 23.3. The summed E-state index contributed by atoms with van der Waals surface area (Å²) in [5, 5.41) is 14.7. The lowest BCUT2D eigenvalue weighted by Gasteiger charge is -2.46. The Morgan fingerprint density at radius 3 is 2.90 bits per heavy atom. The number of nitrogens with one attached hydrogen (secondary N) is 1. The highest BCUT2D eigenvalue weighted by Gasteiger charge is 2.42. The van der Waals surface area contributed by atoms with Crippen molar-refractivity contribution in [2.24, 2.45) is 5.41 Å². The second-order valence-electron chi connectivity index (χ2n) is 6.25. The van der Waals surface area contributed by atoms with Gasteiger partial charge in [0.05, 0.1) is 5.70 Å². The van der Waals surface area contributed by atoms with Crippen molar-refractivity contribution in [3.05, 3.63) is 53.6 Å². The van der Waals surface area contributed by atoms with Crippen LogP contribution in [0.1, 0.15) is 25.0 Å². The van der Waals surface area contributed by atoms with Crippen LogP contribution in [0.3, 0.4) is 0 Å². The molecule has 0 radical (unpaired) electrons. The number of nitrogens with zero attached hydrogens (tertiary/aromatic N) is 1. The smallest absolute Gasteiger partial charge is 0.176 e. The van der Waals surface area contributed by atoms with E-state index in [1.54, 1.807) is 11.0 Å². The Bertz CT molecular complexity index is 648. The quantitative estimate of drug-likeness (QED) is 0.650. The Hall–Kier alpha value is -1.65. The van der Waals surface area contributed by atoms with Gasteiger partial charge in [0.2, 0.25) is 0 Å². The van der Waals surface area contributed by atoms with E-state index >= 15 is 0 Å². The van der Waals surface area contributed by atoms with E-state index in [2.05, 4.69) is 43.9 Å². The number of fused-ring (bicyclic) bond motifs is 2. The maximum atomic E-state index is 10.8. The topological polar surface area (TPSA) is 35.5 Å². The molecule has 0 saturated heterocycles. The summed E-state index contributed by atoms with van der Waals surface area (Å²) in [7, 11) is 0. The highest BCUT2D eigenvalue weighted by molar-refractivity contribution is 7.80. The van der Waals surface area contributed by atoms with Gasteiger partial charge >= 0.3 is 0 Å². The lowest BCUT2D eigenvalue weighted by Crippen LogP contribution is -2.54. The lowest BCUT2D eigenvalue weighted by atomic mass is 9.70. The molecule has 3 nitrogen and oxygen atoms in total. The minimum Gasteiger partial charge on any atom is -0.369 e. The standard InChI is InChI=1S/C17H20N2OS/c1-4-9-19-15(20)13-14(18-16(19)21)12-8-6-5-7-11(12)10-17(13,2)3/h4-8,15,20H,1,9-10H2,2-3H3,(H,18,21). The molecule has 110 valence electrons. The third-order valence-corrected chi connectivity index (χ3v) is 4.63. The molecule has 1 heterocycles. The Balaban J connectivity index is 2.18. The lowest BCUT2D eigenvalue weighted by molar-refractivity contribution is 0.0696. The summed E-state index contributed by atoms with van der Waals surface area (Å²) in [6.45, 7) is 8.61. The van der Waals surface area contributed by atoms with Crippen molar-refractivity contribution in [1.29, 1.82) is 0 Å². The fraction of sp³-hybridized carbons (Fsp3) is 0.353. The monoisotopic (exact) mass is 300 g/mol. The van der Waals surface area contributed by atoms with Gasteiger partial charge in [0.25, 0.3) is 0 Å². The fourth-order valence-corrected chi connectivity index (χ4v) is 3.63. The maximum Gasteiger partial charge on any atom is 0.176 e. The molecule has 1 aliphatic heterocycles. The molecular formula is C17H20N2OS. The van der Waals surface area contributed by atoms with Crippen molar-refractivity contribution in [2.75, 3.05) is 6.54 Å². The van der Waals surface area contributed by atoms with E-state index in [0.29, 0.717) is 11.7 Å².